The SMILES string of the molecule is COCCNCC(=O)NC(C)C1CCC1. The molecule has 0 bridgehead atoms. The third-order valence-corrected chi connectivity index (χ3v) is 3.01. The molecule has 0 radical (unpaired) electrons. The first-order valence-corrected chi connectivity index (χ1v) is 5.73. The van der Waals surface area contributed by atoms with Gasteiger partial charge in [-0.25, -0.2) is 0 Å². The Bertz CT molecular complexity index is 193. The van der Waals surface area contributed by atoms with E-state index in [0.29, 0.717) is 25.1 Å². The number of methoxy groups -OCH3 is 1. The van der Waals surface area contributed by atoms with Crippen molar-refractivity contribution in [1.29, 1.82) is 0 Å². The smallest absolute Gasteiger partial charge is 0.234 e. The maximum atomic E-state index is 11.4. The van der Waals surface area contributed by atoms with E-state index in [2.05, 4.69) is 17.6 Å². The van der Waals surface area contributed by atoms with Crippen LogP contribution in [0.15, 0.2) is 0 Å². The molecule has 0 aliphatic heterocycles. The molecule has 1 unspecified atom stereocenters. The second-order valence-electron chi connectivity index (χ2n) is 4.22. The highest BCUT2D eigenvalue weighted by Gasteiger charge is 2.24. The molecule has 4 heteroatoms. The molecular weight excluding hydrogens is 192 g/mol. The normalized spacial score (nSPS) is 18.3. The van der Waals surface area contributed by atoms with Crippen molar-refractivity contribution in [3.05, 3.63) is 0 Å². The van der Waals surface area contributed by atoms with Gasteiger partial charge in [0.15, 0.2) is 0 Å². The topological polar surface area (TPSA) is 50.4 Å². The second kappa shape index (κ2) is 6.80. The van der Waals surface area contributed by atoms with Gasteiger partial charge in [-0.15, -0.1) is 0 Å². The molecule has 0 heterocycles. The van der Waals surface area contributed by atoms with Gasteiger partial charge >= 0.3 is 0 Å². The molecule has 0 aromatic heterocycles. The van der Waals surface area contributed by atoms with Gasteiger partial charge in [0.05, 0.1) is 13.2 Å². The molecule has 4 nitrogen and oxygen atoms in total. The van der Waals surface area contributed by atoms with Crippen LogP contribution in [0.3, 0.4) is 0 Å². The zero-order chi connectivity index (χ0) is 11.1. The van der Waals surface area contributed by atoms with Gasteiger partial charge in [0.25, 0.3) is 0 Å². The number of rotatable bonds is 7. The Morgan fingerprint density at radius 1 is 1.53 bits per heavy atom. The third-order valence-electron chi connectivity index (χ3n) is 3.01. The Morgan fingerprint density at radius 2 is 2.27 bits per heavy atom. The van der Waals surface area contributed by atoms with Crippen molar-refractivity contribution < 1.29 is 9.53 Å². The molecular formula is C11H22N2O2. The molecule has 88 valence electrons. The molecule has 1 rings (SSSR count). The molecule has 0 spiro atoms. The van der Waals surface area contributed by atoms with Gasteiger partial charge in [-0.2, -0.15) is 0 Å². The van der Waals surface area contributed by atoms with Crippen molar-refractivity contribution in [2.45, 2.75) is 32.2 Å². The lowest BCUT2D eigenvalue weighted by molar-refractivity contribution is -0.121. The van der Waals surface area contributed by atoms with Crippen molar-refractivity contribution in [3.8, 4) is 0 Å². The van der Waals surface area contributed by atoms with Crippen LogP contribution in [0.25, 0.3) is 0 Å². The fraction of sp³-hybridized carbons (Fsp3) is 0.909. The Kier molecular flexibility index (Phi) is 5.65. The summed E-state index contributed by atoms with van der Waals surface area (Å²) in [5.74, 6) is 0.790. The molecule has 0 saturated heterocycles. The number of amides is 1. The quantitative estimate of drug-likeness (QED) is 0.608. The number of nitrogens with one attached hydrogen (secondary N) is 2. The maximum Gasteiger partial charge on any atom is 0.234 e. The van der Waals surface area contributed by atoms with E-state index in [1.54, 1.807) is 7.11 Å². The minimum atomic E-state index is 0.0884. The van der Waals surface area contributed by atoms with Gasteiger partial charge in [0.2, 0.25) is 5.91 Å². The molecule has 1 atom stereocenters. The van der Waals surface area contributed by atoms with Crippen LogP contribution in [0.5, 0.6) is 0 Å². The molecule has 15 heavy (non-hydrogen) atoms. The van der Waals surface area contributed by atoms with E-state index in [9.17, 15) is 4.79 Å². The van der Waals surface area contributed by atoms with Crippen LogP contribution in [0.4, 0.5) is 0 Å². The predicted octanol–water partition coefficient (Wildman–Crippen LogP) is 0.527. The molecule has 1 fully saturated rings. The number of carbonyl (C=O) groups is 1. The largest absolute Gasteiger partial charge is 0.383 e. The summed E-state index contributed by atoms with van der Waals surface area (Å²) in [6.07, 6.45) is 3.84. The van der Waals surface area contributed by atoms with E-state index in [1.165, 1.54) is 19.3 Å². The van der Waals surface area contributed by atoms with Gasteiger partial charge in [-0.3, -0.25) is 4.79 Å². The van der Waals surface area contributed by atoms with Crippen molar-refractivity contribution in [2.75, 3.05) is 26.8 Å². The highest BCUT2D eigenvalue weighted by atomic mass is 16.5. The van der Waals surface area contributed by atoms with Crippen molar-refractivity contribution >= 4 is 5.91 Å². The van der Waals surface area contributed by atoms with Gasteiger partial charge in [-0.1, -0.05) is 6.42 Å². The summed E-state index contributed by atoms with van der Waals surface area (Å²) in [5, 5.41) is 6.05. The van der Waals surface area contributed by atoms with Crippen molar-refractivity contribution in [3.63, 3.8) is 0 Å². The van der Waals surface area contributed by atoms with Gasteiger partial charge in [0.1, 0.15) is 0 Å². The summed E-state index contributed by atoms with van der Waals surface area (Å²) in [5.41, 5.74) is 0. The Hall–Kier alpha value is -0.610. The molecule has 1 aliphatic carbocycles. The monoisotopic (exact) mass is 214 g/mol. The van der Waals surface area contributed by atoms with Crippen molar-refractivity contribution in [2.24, 2.45) is 5.92 Å². The third kappa shape index (κ3) is 4.62. The van der Waals surface area contributed by atoms with Gasteiger partial charge in [-0.05, 0) is 25.7 Å². The summed E-state index contributed by atoms with van der Waals surface area (Å²) in [6, 6.07) is 0.329. The van der Waals surface area contributed by atoms with E-state index in [1.807, 2.05) is 0 Å². The molecule has 0 aromatic carbocycles. The van der Waals surface area contributed by atoms with E-state index in [-0.39, 0.29) is 5.91 Å². The Labute approximate surface area is 91.8 Å². The van der Waals surface area contributed by atoms with Crippen LogP contribution in [0.2, 0.25) is 0 Å². The van der Waals surface area contributed by atoms with E-state index >= 15 is 0 Å². The minimum Gasteiger partial charge on any atom is -0.383 e. The van der Waals surface area contributed by atoms with Crippen LogP contribution in [-0.4, -0.2) is 38.8 Å². The molecule has 0 aromatic rings. The van der Waals surface area contributed by atoms with Crippen LogP contribution in [0, 0.1) is 5.92 Å². The second-order valence-corrected chi connectivity index (χ2v) is 4.22. The van der Waals surface area contributed by atoms with E-state index in [0.717, 1.165) is 6.54 Å². The first-order chi connectivity index (χ1) is 7.24. The maximum absolute atomic E-state index is 11.4. The van der Waals surface area contributed by atoms with Crippen molar-refractivity contribution in [1.82, 2.24) is 10.6 Å². The summed E-state index contributed by atoms with van der Waals surface area (Å²) >= 11 is 0. The van der Waals surface area contributed by atoms with Gasteiger partial charge < -0.3 is 15.4 Å². The summed E-state index contributed by atoms with van der Waals surface area (Å²) in [4.78, 5) is 11.4. The first kappa shape index (κ1) is 12.5. The Morgan fingerprint density at radius 3 is 2.80 bits per heavy atom. The number of hydrogen-bond acceptors (Lipinski definition) is 3. The zero-order valence-electron chi connectivity index (χ0n) is 9.71. The highest BCUT2D eigenvalue weighted by Crippen LogP contribution is 2.29. The van der Waals surface area contributed by atoms with Crippen LogP contribution in [-0.2, 0) is 9.53 Å². The van der Waals surface area contributed by atoms with Gasteiger partial charge in [0, 0.05) is 19.7 Å². The van der Waals surface area contributed by atoms with Crippen LogP contribution in [0.1, 0.15) is 26.2 Å². The number of ether oxygens (including phenoxy) is 1. The van der Waals surface area contributed by atoms with E-state index < -0.39 is 0 Å². The fourth-order valence-corrected chi connectivity index (χ4v) is 1.74. The molecule has 1 amide bonds. The average Bonchev–Trinajstić information content (AvgIpc) is 2.09. The lowest BCUT2D eigenvalue weighted by atomic mass is 9.80. The Balaban J connectivity index is 2.01. The highest BCUT2D eigenvalue weighted by molar-refractivity contribution is 5.78. The number of carbonyl (C=O) groups excluding carboxylic acids is 1. The van der Waals surface area contributed by atoms with Crippen LogP contribution >= 0.6 is 0 Å². The first-order valence-electron chi connectivity index (χ1n) is 5.73. The standard InChI is InChI=1S/C11H22N2O2/c1-9(10-4-3-5-10)13-11(14)8-12-6-7-15-2/h9-10,12H,3-8H2,1-2H3,(H,13,14). The number of hydrogen-bond donors (Lipinski definition) is 2. The molecule has 2 N–H and O–H groups in total. The zero-order valence-corrected chi connectivity index (χ0v) is 9.71. The summed E-state index contributed by atoms with van der Waals surface area (Å²) in [7, 11) is 1.65. The van der Waals surface area contributed by atoms with E-state index in [4.69, 9.17) is 4.74 Å². The predicted molar refractivity (Wildman–Crippen MR) is 59.7 cm³/mol. The lowest BCUT2D eigenvalue weighted by Crippen LogP contribution is -2.44. The molecule has 1 saturated carbocycles. The van der Waals surface area contributed by atoms with Crippen LogP contribution < -0.4 is 10.6 Å². The summed E-state index contributed by atoms with van der Waals surface area (Å²) < 4.78 is 4.88. The average molecular weight is 214 g/mol. The lowest BCUT2D eigenvalue weighted by Gasteiger charge is -2.31. The minimum absolute atomic E-state index is 0.0884. The summed E-state index contributed by atoms with van der Waals surface area (Å²) in [6.45, 7) is 3.85. The molecule has 1 aliphatic rings. The fourth-order valence-electron chi connectivity index (χ4n) is 1.74.